The predicted octanol–water partition coefficient (Wildman–Crippen LogP) is 6.11. The fraction of sp³-hybridized carbons (Fsp3) is 0.190. The van der Waals surface area contributed by atoms with Crippen molar-refractivity contribution in [3.8, 4) is 0 Å². The summed E-state index contributed by atoms with van der Waals surface area (Å²) < 4.78 is 78.3. The summed E-state index contributed by atoms with van der Waals surface area (Å²) in [5.41, 5.74) is -2.38. The number of aromatic amines is 1. The number of aliphatic imine (C=N–C) groups is 1. The van der Waals surface area contributed by atoms with Crippen molar-refractivity contribution < 1.29 is 31.1 Å². The second-order valence-corrected chi connectivity index (χ2v) is 7.36. The number of carbonyl (C=O) groups is 1. The van der Waals surface area contributed by atoms with Crippen LogP contribution >= 0.6 is 11.6 Å². The Kier molecular flexibility index (Phi) is 6.82. The standard InChI is InChI=1S/C21H15ClF6N4O/c1-11-16(31-32-18(11)21(26,27)28)10-17(30-19(33)12-4-2-6-14(22)8-12)29-15-7-3-5-13(9-15)20(23,24)25/h2-9H,10H2,1H3,(H,31,32)(H,29,30,33). The van der Waals surface area contributed by atoms with Crippen LogP contribution < -0.4 is 5.32 Å². The van der Waals surface area contributed by atoms with E-state index in [9.17, 15) is 31.1 Å². The number of nitrogens with one attached hydrogen (secondary N) is 2. The van der Waals surface area contributed by atoms with Gasteiger partial charge in [0.2, 0.25) is 0 Å². The van der Waals surface area contributed by atoms with E-state index in [-0.39, 0.29) is 39.8 Å². The van der Waals surface area contributed by atoms with E-state index in [4.69, 9.17) is 11.6 Å². The molecule has 0 saturated carbocycles. The molecule has 1 heterocycles. The van der Waals surface area contributed by atoms with Crippen LogP contribution in [0.5, 0.6) is 0 Å². The van der Waals surface area contributed by atoms with Crippen LogP contribution in [0, 0.1) is 6.92 Å². The minimum atomic E-state index is -4.71. The zero-order valence-electron chi connectivity index (χ0n) is 16.8. The molecule has 2 aromatic carbocycles. The van der Waals surface area contributed by atoms with Crippen LogP contribution in [0.1, 0.15) is 32.9 Å². The Hall–Kier alpha value is -3.34. The molecular formula is C21H15ClF6N4O. The third-order valence-electron chi connectivity index (χ3n) is 4.51. The number of benzene rings is 2. The van der Waals surface area contributed by atoms with Gasteiger partial charge in [-0.15, -0.1) is 0 Å². The molecule has 0 unspecified atom stereocenters. The molecule has 5 nitrogen and oxygen atoms in total. The lowest BCUT2D eigenvalue weighted by atomic mass is 10.1. The Balaban J connectivity index is 1.99. The molecule has 1 aromatic heterocycles. The van der Waals surface area contributed by atoms with E-state index in [0.717, 1.165) is 18.2 Å². The zero-order valence-corrected chi connectivity index (χ0v) is 17.5. The van der Waals surface area contributed by atoms with Gasteiger partial charge in [0.05, 0.1) is 11.3 Å². The average Bonchev–Trinajstić information content (AvgIpc) is 3.08. The number of amidine groups is 1. The lowest BCUT2D eigenvalue weighted by molar-refractivity contribution is -0.141. The number of rotatable bonds is 4. The molecule has 0 radical (unpaired) electrons. The molecule has 0 fully saturated rings. The summed E-state index contributed by atoms with van der Waals surface area (Å²) in [5, 5.41) is 8.21. The lowest BCUT2D eigenvalue weighted by Crippen LogP contribution is -2.32. The van der Waals surface area contributed by atoms with Gasteiger partial charge in [-0.25, -0.2) is 4.99 Å². The average molecular weight is 489 g/mol. The van der Waals surface area contributed by atoms with Crippen molar-refractivity contribution in [3.63, 3.8) is 0 Å². The summed E-state index contributed by atoms with van der Waals surface area (Å²) in [6.45, 7) is 1.18. The van der Waals surface area contributed by atoms with Gasteiger partial charge in [-0.3, -0.25) is 9.89 Å². The number of carbonyl (C=O) groups excluding carboxylic acids is 1. The van der Waals surface area contributed by atoms with Gasteiger partial charge in [0.15, 0.2) is 5.69 Å². The number of H-pyrrole nitrogens is 1. The first-order valence-corrected chi connectivity index (χ1v) is 9.65. The number of aromatic nitrogens is 2. The molecular weight excluding hydrogens is 474 g/mol. The molecule has 0 spiro atoms. The van der Waals surface area contributed by atoms with Crippen molar-refractivity contribution in [2.45, 2.75) is 25.7 Å². The van der Waals surface area contributed by atoms with Crippen molar-refractivity contribution in [3.05, 3.63) is 81.6 Å². The third kappa shape index (κ3) is 6.13. The van der Waals surface area contributed by atoms with E-state index >= 15 is 0 Å². The molecule has 174 valence electrons. The Morgan fingerprint density at radius 3 is 2.36 bits per heavy atom. The number of alkyl halides is 6. The van der Waals surface area contributed by atoms with Crippen LogP contribution in [-0.2, 0) is 18.8 Å². The monoisotopic (exact) mass is 488 g/mol. The van der Waals surface area contributed by atoms with Gasteiger partial charge in [-0.2, -0.15) is 31.4 Å². The normalized spacial score (nSPS) is 12.7. The Labute approximate surface area is 188 Å². The van der Waals surface area contributed by atoms with Gasteiger partial charge in [0.1, 0.15) is 5.84 Å². The van der Waals surface area contributed by atoms with Crippen molar-refractivity contribution in [2.24, 2.45) is 4.99 Å². The molecule has 0 saturated heterocycles. The summed E-state index contributed by atoms with van der Waals surface area (Å²) in [4.78, 5) is 16.7. The van der Waals surface area contributed by atoms with E-state index in [1.165, 1.54) is 37.3 Å². The van der Waals surface area contributed by atoms with E-state index in [0.29, 0.717) is 0 Å². The highest BCUT2D eigenvalue weighted by atomic mass is 35.5. The Morgan fingerprint density at radius 1 is 1.06 bits per heavy atom. The third-order valence-corrected chi connectivity index (χ3v) is 4.74. The number of nitrogens with zero attached hydrogens (tertiary/aromatic N) is 2. The predicted molar refractivity (Wildman–Crippen MR) is 109 cm³/mol. The Morgan fingerprint density at radius 2 is 1.76 bits per heavy atom. The maximum absolute atomic E-state index is 13.1. The van der Waals surface area contributed by atoms with Crippen LogP contribution in [0.2, 0.25) is 5.02 Å². The topological polar surface area (TPSA) is 70.1 Å². The van der Waals surface area contributed by atoms with Crippen LogP contribution in [0.4, 0.5) is 32.0 Å². The summed E-state index contributed by atoms with van der Waals surface area (Å²) in [6, 6.07) is 9.82. The first-order valence-electron chi connectivity index (χ1n) is 9.27. The highest BCUT2D eigenvalue weighted by molar-refractivity contribution is 6.31. The molecule has 33 heavy (non-hydrogen) atoms. The van der Waals surface area contributed by atoms with Crippen LogP contribution in [-0.4, -0.2) is 21.9 Å². The second-order valence-electron chi connectivity index (χ2n) is 6.92. The zero-order chi connectivity index (χ0) is 24.4. The van der Waals surface area contributed by atoms with E-state index in [1.54, 1.807) is 0 Å². The van der Waals surface area contributed by atoms with Crippen LogP contribution in [0.3, 0.4) is 0 Å². The molecule has 3 aromatic rings. The van der Waals surface area contributed by atoms with Crippen LogP contribution in [0.25, 0.3) is 0 Å². The minimum absolute atomic E-state index is 0.0144. The number of halogens is 7. The summed E-state index contributed by atoms with van der Waals surface area (Å²) in [6.07, 6.45) is -9.70. The maximum Gasteiger partial charge on any atom is 0.435 e. The molecule has 12 heteroatoms. The van der Waals surface area contributed by atoms with Crippen molar-refractivity contribution in [1.82, 2.24) is 15.5 Å². The van der Waals surface area contributed by atoms with Crippen molar-refractivity contribution in [2.75, 3.05) is 0 Å². The first-order chi connectivity index (χ1) is 15.3. The maximum atomic E-state index is 13.1. The number of hydrogen-bond donors (Lipinski definition) is 2. The minimum Gasteiger partial charge on any atom is -0.310 e. The first kappa shape index (κ1) is 24.3. The van der Waals surface area contributed by atoms with Crippen molar-refractivity contribution >= 4 is 29.0 Å². The van der Waals surface area contributed by atoms with Gasteiger partial charge in [-0.1, -0.05) is 23.7 Å². The highest BCUT2D eigenvalue weighted by Gasteiger charge is 2.36. The fourth-order valence-electron chi connectivity index (χ4n) is 2.90. The number of hydrogen-bond acceptors (Lipinski definition) is 3. The van der Waals surface area contributed by atoms with E-state index in [1.807, 2.05) is 0 Å². The van der Waals surface area contributed by atoms with Gasteiger partial charge in [0, 0.05) is 28.3 Å². The molecule has 2 N–H and O–H groups in total. The molecule has 0 bridgehead atoms. The van der Waals surface area contributed by atoms with E-state index in [2.05, 4.69) is 20.5 Å². The summed E-state index contributed by atoms with van der Waals surface area (Å²) >= 11 is 5.87. The van der Waals surface area contributed by atoms with Gasteiger partial charge < -0.3 is 5.32 Å². The largest absolute Gasteiger partial charge is 0.435 e. The highest BCUT2D eigenvalue weighted by Crippen LogP contribution is 2.32. The molecule has 0 aliphatic rings. The lowest BCUT2D eigenvalue weighted by Gasteiger charge is -2.11. The molecule has 0 atom stereocenters. The SMILES string of the molecule is Cc1c(C(F)(F)F)n[nH]c1CC(=Nc1cccc(C(F)(F)F)c1)NC(=O)c1cccc(Cl)c1. The van der Waals surface area contributed by atoms with Crippen molar-refractivity contribution in [1.29, 1.82) is 0 Å². The Bertz CT molecular complexity index is 1200. The fourth-order valence-corrected chi connectivity index (χ4v) is 3.09. The van der Waals surface area contributed by atoms with Gasteiger partial charge in [0.25, 0.3) is 5.91 Å². The molecule has 1 amide bonds. The summed E-state index contributed by atoms with van der Waals surface area (Å²) in [5.74, 6) is -0.892. The summed E-state index contributed by atoms with van der Waals surface area (Å²) in [7, 11) is 0. The quantitative estimate of drug-likeness (QED) is 0.264. The second kappa shape index (κ2) is 9.26. The number of amides is 1. The molecule has 3 rings (SSSR count). The van der Waals surface area contributed by atoms with Gasteiger partial charge >= 0.3 is 12.4 Å². The smallest absolute Gasteiger partial charge is 0.310 e. The molecule has 0 aliphatic carbocycles. The van der Waals surface area contributed by atoms with E-state index < -0.39 is 29.5 Å². The van der Waals surface area contributed by atoms with Gasteiger partial charge in [-0.05, 0) is 43.3 Å². The van der Waals surface area contributed by atoms with Crippen LogP contribution in [0.15, 0.2) is 53.5 Å². The molecule has 0 aliphatic heterocycles.